The van der Waals surface area contributed by atoms with Crippen molar-refractivity contribution < 1.29 is 4.79 Å². The highest BCUT2D eigenvalue weighted by atomic mass is 35.5. The number of fused-ring (bicyclic) bond motifs is 1. The Balaban J connectivity index is 0.00000196. The second-order valence-corrected chi connectivity index (χ2v) is 6.91. The number of amides is 1. The smallest absolute Gasteiger partial charge is 0.276 e. The van der Waals surface area contributed by atoms with Gasteiger partial charge in [0, 0.05) is 43.0 Å². The number of nitrogens with zero attached hydrogens (tertiary/aromatic N) is 2. The minimum Gasteiger partial charge on any atom is -0.321 e. The molecule has 3 N–H and O–H groups in total. The second kappa shape index (κ2) is 8.66. The number of H-pyrrole nitrogens is 1. The number of aromatic nitrogens is 2. The topological polar surface area (TPSA) is 73.0 Å². The fourth-order valence-electron chi connectivity index (χ4n) is 3.70. The molecule has 140 valence electrons. The van der Waals surface area contributed by atoms with E-state index in [0.29, 0.717) is 12.2 Å². The molecule has 6 nitrogen and oxygen atoms in total. The lowest BCUT2D eigenvalue weighted by Gasteiger charge is -2.15. The summed E-state index contributed by atoms with van der Waals surface area (Å²) in [6, 6.07) is 8.16. The highest BCUT2D eigenvalue weighted by molar-refractivity contribution is 6.04. The van der Waals surface area contributed by atoms with E-state index in [1.807, 2.05) is 12.1 Å². The summed E-state index contributed by atoms with van der Waals surface area (Å²) >= 11 is 0. The van der Waals surface area contributed by atoms with Crippen molar-refractivity contribution in [3.05, 3.63) is 46.8 Å². The van der Waals surface area contributed by atoms with Gasteiger partial charge in [0.2, 0.25) is 0 Å². The van der Waals surface area contributed by atoms with E-state index in [-0.39, 0.29) is 18.3 Å². The van der Waals surface area contributed by atoms with Crippen LogP contribution in [0.15, 0.2) is 24.3 Å². The number of halogens is 1. The maximum atomic E-state index is 12.6. The third-order valence-corrected chi connectivity index (χ3v) is 5.12. The molecule has 0 unspecified atom stereocenters. The largest absolute Gasteiger partial charge is 0.321 e. The van der Waals surface area contributed by atoms with Crippen molar-refractivity contribution in [2.24, 2.45) is 0 Å². The zero-order valence-corrected chi connectivity index (χ0v) is 15.7. The van der Waals surface area contributed by atoms with E-state index in [9.17, 15) is 4.79 Å². The molecule has 0 spiro atoms. The Hall–Kier alpha value is -1.89. The van der Waals surface area contributed by atoms with Crippen molar-refractivity contribution in [1.82, 2.24) is 20.4 Å². The van der Waals surface area contributed by atoms with Crippen LogP contribution < -0.4 is 10.6 Å². The molecule has 2 aromatic rings. The molecule has 1 saturated heterocycles. The van der Waals surface area contributed by atoms with Gasteiger partial charge < -0.3 is 15.5 Å². The Labute approximate surface area is 160 Å². The summed E-state index contributed by atoms with van der Waals surface area (Å²) in [6.07, 6.45) is 4.55. The average Bonchev–Trinajstić information content (AvgIpc) is 3.30. The van der Waals surface area contributed by atoms with E-state index in [1.54, 1.807) is 0 Å². The van der Waals surface area contributed by atoms with Crippen molar-refractivity contribution in [2.45, 2.75) is 32.2 Å². The van der Waals surface area contributed by atoms with Crippen LogP contribution in [0, 0.1) is 0 Å². The number of rotatable bonds is 5. The van der Waals surface area contributed by atoms with Gasteiger partial charge in [-0.25, -0.2) is 0 Å². The Bertz CT molecular complexity index is 754. The number of carbonyl (C=O) groups excluding carboxylic acids is 1. The van der Waals surface area contributed by atoms with Gasteiger partial charge in [-0.1, -0.05) is 12.1 Å². The first kappa shape index (κ1) is 18.9. The van der Waals surface area contributed by atoms with E-state index >= 15 is 0 Å². The number of nitrogens with one attached hydrogen (secondary N) is 3. The van der Waals surface area contributed by atoms with Crippen LogP contribution >= 0.6 is 12.4 Å². The SMILES string of the molecule is Cl.O=C(Nc1cccc(CCN2CCCC2)c1)c1n[nH]c2c1CNCC2. The van der Waals surface area contributed by atoms with E-state index < -0.39 is 0 Å². The molecule has 1 fully saturated rings. The van der Waals surface area contributed by atoms with E-state index in [1.165, 1.54) is 31.5 Å². The number of carbonyl (C=O) groups is 1. The highest BCUT2D eigenvalue weighted by Crippen LogP contribution is 2.18. The van der Waals surface area contributed by atoms with Crippen LogP contribution in [0.2, 0.25) is 0 Å². The molecule has 0 aliphatic carbocycles. The summed E-state index contributed by atoms with van der Waals surface area (Å²) in [7, 11) is 0. The zero-order valence-electron chi connectivity index (χ0n) is 14.9. The Kier molecular flexibility index (Phi) is 6.29. The van der Waals surface area contributed by atoms with Gasteiger partial charge in [0.1, 0.15) is 0 Å². The van der Waals surface area contributed by atoms with Gasteiger partial charge in [0.05, 0.1) is 0 Å². The van der Waals surface area contributed by atoms with Crippen LogP contribution in [0.5, 0.6) is 0 Å². The molecule has 3 heterocycles. The number of hydrogen-bond acceptors (Lipinski definition) is 4. The van der Waals surface area contributed by atoms with Crippen LogP contribution in [0.1, 0.15) is 40.2 Å². The minimum atomic E-state index is -0.141. The maximum Gasteiger partial charge on any atom is 0.276 e. The predicted molar refractivity (Wildman–Crippen MR) is 105 cm³/mol. The number of anilines is 1. The monoisotopic (exact) mass is 375 g/mol. The van der Waals surface area contributed by atoms with Gasteiger partial charge in [-0.2, -0.15) is 5.10 Å². The third kappa shape index (κ3) is 4.26. The van der Waals surface area contributed by atoms with Gasteiger partial charge >= 0.3 is 0 Å². The van der Waals surface area contributed by atoms with E-state index in [4.69, 9.17) is 0 Å². The summed E-state index contributed by atoms with van der Waals surface area (Å²) in [5, 5.41) is 13.5. The summed E-state index contributed by atoms with van der Waals surface area (Å²) < 4.78 is 0. The standard InChI is InChI=1S/C19H25N5O.ClH/c25-19(18-16-13-20-8-6-17(16)22-23-18)21-15-5-3-4-14(12-15)7-11-24-9-1-2-10-24;/h3-5,12,20H,1-2,6-11,13H2,(H,21,25)(H,22,23);1H. The number of benzene rings is 1. The lowest BCUT2D eigenvalue weighted by molar-refractivity contribution is 0.102. The van der Waals surface area contributed by atoms with Crippen molar-refractivity contribution in [2.75, 3.05) is 31.5 Å². The van der Waals surface area contributed by atoms with Crippen molar-refractivity contribution in [3.8, 4) is 0 Å². The summed E-state index contributed by atoms with van der Waals surface area (Å²) in [5.41, 5.74) is 4.67. The average molecular weight is 376 g/mol. The predicted octanol–water partition coefficient (Wildman–Crippen LogP) is 2.37. The number of hydrogen-bond donors (Lipinski definition) is 3. The Morgan fingerprint density at radius 3 is 2.96 bits per heavy atom. The molecule has 0 radical (unpaired) electrons. The molecular weight excluding hydrogens is 350 g/mol. The summed E-state index contributed by atoms with van der Waals surface area (Å²) in [5.74, 6) is -0.141. The van der Waals surface area contributed by atoms with Crippen LogP contribution in [0.3, 0.4) is 0 Å². The quantitative estimate of drug-likeness (QED) is 0.750. The van der Waals surface area contributed by atoms with Crippen molar-refractivity contribution >= 4 is 24.0 Å². The molecule has 0 bridgehead atoms. The van der Waals surface area contributed by atoms with Crippen molar-refractivity contribution in [3.63, 3.8) is 0 Å². The third-order valence-electron chi connectivity index (χ3n) is 5.12. The minimum absolute atomic E-state index is 0. The fourth-order valence-corrected chi connectivity index (χ4v) is 3.70. The molecular formula is C19H26ClN5O. The van der Waals surface area contributed by atoms with E-state index in [2.05, 4.69) is 37.9 Å². The molecule has 1 aromatic carbocycles. The highest BCUT2D eigenvalue weighted by Gasteiger charge is 2.21. The lowest BCUT2D eigenvalue weighted by Crippen LogP contribution is -2.25. The first-order valence-corrected chi connectivity index (χ1v) is 9.19. The number of likely N-dealkylation sites (tertiary alicyclic amines) is 1. The van der Waals surface area contributed by atoms with Crippen LogP contribution in [0.25, 0.3) is 0 Å². The van der Waals surface area contributed by atoms with Crippen molar-refractivity contribution in [1.29, 1.82) is 0 Å². The molecule has 1 aromatic heterocycles. The molecule has 4 rings (SSSR count). The normalized spacial score (nSPS) is 16.8. The second-order valence-electron chi connectivity index (χ2n) is 6.91. The summed E-state index contributed by atoms with van der Waals surface area (Å²) in [4.78, 5) is 15.1. The molecule has 0 atom stereocenters. The molecule has 2 aliphatic heterocycles. The lowest BCUT2D eigenvalue weighted by atomic mass is 10.1. The Morgan fingerprint density at radius 1 is 1.27 bits per heavy atom. The Morgan fingerprint density at radius 2 is 2.12 bits per heavy atom. The van der Waals surface area contributed by atoms with E-state index in [0.717, 1.165) is 42.9 Å². The van der Waals surface area contributed by atoms with Gasteiger partial charge in [0.15, 0.2) is 5.69 Å². The van der Waals surface area contributed by atoms with Crippen LogP contribution in [-0.2, 0) is 19.4 Å². The van der Waals surface area contributed by atoms with Crippen LogP contribution in [0.4, 0.5) is 5.69 Å². The first-order valence-electron chi connectivity index (χ1n) is 9.19. The molecule has 7 heteroatoms. The van der Waals surface area contributed by atoms with Gasteiger partial charge in [-0.05, 0) is 50.0 Å². The van der Waals surface area contributed by atoms with Gasteiger partial charge in [-0.3, -0.25) is 9.89 Å². The molecule has 0 saturated carbocycles. The number of aromatic amines is 1. The van der Waals surface area contributed by atoms with Crippen LogP contribution in [-0.4, -0.2) is 47.2 Å². The fraction of sp³-hybridized carbons (Fsp3) is 0.474. The molecule has 26 heavy (non-hydrogen) atoms. The van der Waals surface area contributed by atoms with Gasteiger partial charge in [-0.15, -0.1) is 12.4 Å². The zero-order chi connectivity index (χ0) is 17.1. The molecule has 2 aliphatic rings. The molecule has 1 amide bonds. The first-order chi connectivity index (χ1) is 12.3. The van der Waals surface area contributed by atoms with Gasteiger partial charge in [0.25, 0.3) is 5.91 Å². The summed E-state index contributed by atoms with van der Waals surface area (Å²) in [6.45, 7) is 5.15. The maximum absolute atomic E-state index is 12.6.